The van der Waals surface area contributed by atoms with E-state index in [9.17, 15) is 0 Å². The van der Waals surface area contributed by atoms with Crippen molar-refractivity contribution in [2.45, 2.75) is 81.6 Å². The Morgan fingerprint density at radius 2 is 0.588 bits per heavy atom. The fraction of sp³-hybridized carbons (Fsp3) is 0.250. The summed E-state index contributed by atoms with van der Waals surface area (Å²) in [6.07, 6.45) is 0. The number of benzene rings is 6. The number of anilines is 2. The van der Waals surface area contributed by atoms with E-state index in [0.717, 1.165) is 37.7 Å². The molecule has 0 saturated carbocycles. The Morgan fingerprint density at radius 1 is 0.333 bits per heavy atom. The summed E-state index contributed by atoms with van der Waals surface area (Å²) in [5.74, 6) is 1.65. The first-order chi connectivity index (χ1) is 24.5. The van der Waals surface area contributed by atoms with Crippen LogP contribution in [0.1, 0.15) is 66.8 Å². The predicted octanol–water partition coefficient (Wildman–Crippen LogP) is 12.4. The van der Waals surface area contributed by atoms with Crippen molar-refractivity contribution in [2.24, 2.45) is 0 Å². The van der Waals surface area contributed by atoms with Gasteiger partial charge in [0.2, 0.25) is 0 Å². The van der Waals surface area contributed by atoms with Crippen LogP contribution < -0.4 is 14.5 Å². The number of aryl methyl sites for hydroxylation is 8. The van der Waals surface area contributed by atoms with Gasteiger partial charge in [-0.2, -0.15) is 0 Å². The van der Waals surface area contributed by atoms with E-state index in [1.54, 1.807) is 0 Å². The smallest absolute Gasteiger partial charge is 0.127 e. The molecule has 0 fully saturated rings. The van der Waals surface area contributed by atoms with Gasteiger partial charge in [-0.05, 0) is 148 Å². The van der Waals surface area contributed by atoms with Crippen molar-refractivity contribution in [3.8, 4) is 11.5 Å². The lowest BCUT2D eigenvalue weighted by Crippen LogP contribution is -2.23. The molecule has 0 radical (unpaired) electrons. The highest BCUT2D eigenvalue weighted by Gasteiger charge is 2.15. The van der Waals surface area contributed by atoms with Crippen LogP contribution in [0.25, 0.3) is 0 Å². The molecule has 260 valence electrons. The van der Waals surface area contributed by atoms with Crippen LogP contribution >= 0.6 is 0 Å². The quantitative estimate of drug-likeness (QED) is 0.129. The van der Waals surface area contributed by atoms with Gasteiger partial charge in [0, 0.05) is 37.6 Å². The molecule has 0 unspecified atom stereocenters. The summed E-state index contributed by atoms with van der Waals surface area (Å²) in [5, 5.41) is 0. The Balaban J connectivity index is 1.22. The maximum Gasteiger partial charge on any atom is 0.127 e. The molecule has 0 spiro atoms. The monoisotopic (exact) mass is 672 g/mol. The van der Waals surface area contributed by atoms with Gasteiger partial charge in [0.1, 0.15) is 11.5 Å². The van der Waals surface area contributed by atoms with E-state index in [1.807, 2.05) is 0 Å². The summed E-state index contributed by atoms with van der Waals surface area (Å²) >= 11 is 0. The summed E-state index contributed by atoms with van der Waals surface area (Å²) in [4.78, 5) is 4.95. The molecule has 0 N–H and O–H groups in total. The average molecular weight is 673 g/mol. The van der Waals surface area contributed by atoms with Crippen LogP contribution in [0.5, 0.6) is 11.5 Å². The van der Waals surface area contributed by atoms with Crippen molar-refractivity contribution in [3.63, 3.8) is 0 Å². The number of rotatable bonds is 12. The zero-order valence-electron chi connectivity index (χ0n) is 31.7. The molecule has 0 amide bonds. The normalized spacial score (nSPS) is 11.1. The molecule has 0 bridgehead atoms. The first kappa shape index (κ1) is 35.5. The van der Waals surface area contributed by atoms with Gasteiger partial charge in [0.25, 0.3) is 0 Å². The highest BCUT2D eigenvalue weighted by Crippen LogP contribution is 2.31. The van der Waals surface area contributed by atoms with Gasteiger partial charge in [0.05, 0.1) is 0 Å². The van der Waals surface area contributed by atoms with Crippen LogP contribution in [0.3, 0.4) is 0 Å². The Hall–Kier alpha value is -5.28. The molecular formula is C48H52N2O. The minimum Gasteiger partial charge on any atom is -0.457 e. The van der Waals surface area contributed by atoms with Crippen molar-refractivity contribution in [3.05, 3.63) is 188 Å². The minimum atomic E-state index is 0.826. The number of nitrogens with zero attached hydrogens (tertiary/aromatic N) is 2. The molecule has 3 heteroatoms. The second-order valence-electron chi connectivity index (χ2n) is 14.5. The van der Waals surface area contributed by atoms with Gasteiger partial charge in [-0.25, -0.2) is 0 Å². The molecule has 0 saturated heterocycles. The van der Waals surface area contributed by atoms with E-state index in [1.165, 1.54) is 78.1 Å². The molecule has 6 rings (SSSR count). The van der Waals surface area contributed by atoms with Gasteiger partial charge in [-0.15, -0.1) is 0 Å². The van der Waals surface area contributed by atoms with Gasteiger partial charge >= 0.3 is 0 Å². The molecule has 0 aromatic heterocycles. The van der Waals surface area contributed by atoms with Crippen LogP contribution in [0, 0.1) is 55.4 Å². The van der Waals surface area contributed by atoms with Crippen molar-refractivity contribution in [1.29, 1.82) is 0 Å². The Morgan fingerprint density at radius 3 is 0.843 bits per heavy atom. The van der Waals surface area contributed by atoms with Crippen LogP contribution in [-0.2, 0) is 26.2 Å². The molecule has 0 aliphatic rings. The molecular weight excluding hydrogens is 621 g/mol. The van der Waals surface area contributed by atoms with Crippen molar-refractivity contribution < 1.29 is 4.74 Å². The zero-order valence-corrected chi connectivity index (χ0v) is 31.7. The van der Waals surface area contributed by atoms with E-state index < -0.39 is 0 Å². The Labute approximate surface area is 306 Å². The first-order valence-corrected chi connectivity index (χ1v) is 18.1. The van der Waals surface area contributed by atoms with Gasteiger partial charge in [-0.3, -0.25) is 0 Å². The second kappa shape index (κ2) is 15.7. The van der Waals surface area contributed by atoms with E-state index in [2.05, 4.69) is 187 Å². The van der Waals surface area contributed by atoms with Crippen molar-refractivity contribution >= 4 is 11.4 Å². The molecule has 6 aromatic carbocycles. The van der Waals surface area contributed by atoms with E-state index in [-0.39, 0.29) is 0 Å². The second-order valence-corrected chi connectivity index (χ2v) is 14.5. The standard InChI is InChI=1S/C48H52N2O/c1-33-9-13-37(5)41(25-33)29-49(30-42-26-34(2)10-14-38(42)6)45-17-21-47(22-18-45)51-48-23-19-46(20-24-48)50(31-43-27-35(3)11-15-39(43)7)32-44-28-36(4)12-16-40(44)8/h9-28H,29-32H2,1-8H3. The summed E-state index contributed by atoms with van der Waals surface area (Å²) in [7, 11) is 0. The van der Waals surface area contributed by atoms with Crippen LogP contribution in [0.4, 0.5) is 11.4 Å². The Bertz CT molecular complexity index is 1850. The topological polar surface area (TPSA) is 15.7 Å². The lowest BCUT2D eigenvalue weighted by Gasteiger charge is -2.28. The van der Waals surface area contributed by atoms with Gasteiger partial charge < -0.3 is 14.5 Å². The van der Waals surface area contributed by atoms with E-state index in [0.29, 0.717) is 0 Å². The summed E-state index contributed by atoms with van der Waals surface area (Å²) < 4.78 is 6.42. The summed E-state index contributed by atoms with van der Waals surface area (Å²) in [6.45, 7) is 20.9. The molecule has 6 aromatic rings. The fourth-order valence-corrected chi connectivity index (χ4v) is 6.77. The highest BCUT2D eigenvalue weighted by atomic mass is 16.5. The van der Waals surface area contributed by atoms with Gasteiger partial charge in [0.15, 0.2) is 0 Å². The number of ether oxygens (including phenoxy) is 1. The highest BCUT2D eigenvalue weighted by molar-refractivity contribution is 5.54. The molecule has 0 heterocycles. The van der Waals surface area contributed by atoms with Crippen LogP contribution in [0.2, 0.25) is 0 Å². The van der Waals surface area contributed by atoms with Crippen LogP contribution in [-0.4, -0.2) is 0 Å². The maximum absolute atomic E-state index is 6.42. The van der Waals surface area contributed by atoms with Crippen molar-refractivity contribution in [1.82, 2.24) is 0 Å². The largest absolute Gasteiger partial charge is 0.457 e. The first-order valence-electron chi connectivity index (χ1n) is 18.1. The molecule has 0 atom stereocenters. The molecule has 0 aliphatic heterocycles. The third kappa shape index (κ3) is 9.10. The fourth-order valence-electron chi connectivity index (χ4n) is 6.77. The lowest BCUT2D eigenvalue weighted by atomic mass is 10.0. The zero-order chi connectivity index (χ0) is 36.1. The molecule has 3 nitrogen and oxygen atoms in total. The van der Waals surface area contributed by atoms with Crippen molar-refractivity contribution in [2.75, 3.05) is 9.80 Å². The summed E-state index contributed by atoms with van der Waals surface area (Å²) in [6, 6.07) is 44.1. The SMILES string of the molecule is Cc1ccc(C)c(CN(Cc2cc(C)ccc2C)c2ccc(Oc3ccc(N(Cc4cc(C)ccc4C)Cc4cc(C)ccc4C)cc3)cc2)c1. The average Bonchev–Trinajstić information content (AvgIpc) is 3.11. The molecule has 51 heavy (non-hydrogen) atoms. The summed E-state index contributed by atoms with van der Waals surface area (Å²) in [5.41, 5.74) is 18.2. The van der Waals surface area contributed by atoms with E-state index in [4.69, 9.17) is 4.74 Å². The minimum absolute atomic E-state index is 0.826. The molecule has 0 aliphatic carbocycles. The third-order valence-corrected chi connectivity index (χ3v) is 10.1. The van der Waals surface area contributed by atoms with E-state index >= 15 is 0 Å². The maximum atomic E-state index is 6.42. The lowest BCUT2D eigenvalue weighted by molar-refractivity contribution is 0.482. The number of hydrogen-bond donors (Lipinski definition) is 0. The Kier molecular flexibility index (Phi) is 11.0. The predicted molar refractivity (Wildman–Crippen MR) is 216 cm³/mol. The van der Waals surface area contributed by atoms with Crippen LogP contribution in [0.15, 0.2) is 121 Å². The van der Waals surface area contributed by atoms with Gasteiger partial charge in [-0.1, -0.05) is 95.1 Å². The number of hydrogen-bond acceptors (Lipinski definition) is 3. The third-order valence-electron chi connectivity index (χ3n) is 10.1.